The third-order valence-electron chi connectivity index (χ3n) is 2.44. The Labute approximate surface area is 77.4 Å². The molecule has 0 aromatic carbocycles. The van der Waals surface area contributed by atoms with E-state index in [2.05, 4.69) is 4.98 Å². The highest BCUT2D eigenvalue weighted by molar-refractivity contribution is 5.20. The molecule has 0 aliphatic heterocycles. The van der Waals surface area contributed by atoms with Crippen molar-refractivity contribution in [1.29, 1.82) is 0 Å². The molecule has 0 atom stereocenters. The second kappa shape index (κ2) is 3.83. The van der Waals surface area contributed by atoms with Crippen LogP contribution in [0.1, 0.15) is 32.3 Å². The quantitative estimate of drug-likeness (QED) is 0.779. The van der Waals surface area contributed by atoms with Gasteiger partial charge in [-0.3, -0.25) is 4.98 Å². The van der Waals surface area contributed by atoms with E-state index in [0.29, 0.717) is 18.4 Å². The molecule has 13 heavy (non-hydrogen) atoms. The third-order valence-corrected chi connectivity index (χ3v) is 2.44. The van der Waals surface area contributed by atoms with E-state index in [9.17, 15) is 9.50 Å². The maximum atomic E-state index is 13.2. The normalized spacial score (nSPS) is 11.7. The number of rotatable bonds is 3. The molecule has 1 rings (SSSR count). The van der Waals surface area contributed by atoms with Gasteiger partial charge < -0.3 is 5.11 Å². The molecular formula is C10H14FNO. The Morgan fingerprint density at radius 3 is 2.54 bits per heavy atom. The molecule has 0 fully saturated rings. The first kappa shape index (κ1) is 10.1. The first-order chi connectivity index (χ1) is 6.14. The van der Waals surface area contributed by atoms with Crippen LogP contribution in [-0.4, -0.2) is 10.1 Å². The minimum absolute atomic E-state index is 0.340. The largest absolute Gasteiger partial charge is 0.385 e. The summed E-state index contributed by atoms with van der Waals surface area (Å²) in [6, 6.07) is 1.53. The van der Waals surface area contributed by atoms with E-state index < -0.39 is 11.4 Å². The fourth-order valence-electron chi connectivity index (χ4n) is 1.38. The first-order valence-corrected chi connectivity index (χ1v) is 4.46. The molecule has 72 valence electrons. The molecule has 2 nitrogen and oxygen atoms in total. The van der Waals surface area contributed by atoms with Crippen LogP contribution in [0.3, 0.4) is 0 Å². The van der Waals surface area contributed by atoms with Crippen molar-refractivity contribution in [3.05, 3.63) is 29.8 Å². The first-order valence-electron chi connectivity index (χ1n) is 4.46. The minimum Gasteiger partial charge on any atom is -0.385 e. The second-order valence-corrected chi connectivity index (χ2v) is 3.09. The van der Waals surface area contributed by atoms with E-state index in [1.54, 1.807) is 0 Å². The van der Waals surface area contributed by atoms with Crippen LogP contribution in [0.25, 0.3) is 0 Å². The molecular weight excluding hydrogens is 169 g/mol. The zero-order chi connectivity index (χ0) is 9.90. The van der Waals surface area contributed by atoms with Crippen LogP contribution < -0.4 is 0 Å². The van der Waals surface area contributed by atoms with Crippen molar-refractivity contribution < 1.29 is 9.50 Å². The number of nitrogens with zero attached hydrogens (tertiary/aromatic N) is 1. The Kier molecular flexibility index (Phi) is 2.98. The van der Waals surface area contributed by atoms with Crippen LogP contribution in [0, 0.1) is 5.82 Å². The predicted octanol–water partition coefficient (Wildman–Crippen LogP) is 2.23. The summed E-state index contributed by atoms with van der Waals surface area (Å²) in [6.45, 7) is 3.67. The van der Waals surface area contributed by atoms with Gasteiger partial charge in [-0.2, -0.15) is 0 Å². The Hall–Kier alpha value is -0.960. The number of hydrogen-bond acceptors (Lipinski definition) is 2. The smallest absolute Gasteiger partial charge is 0.147 e. The summed E-state index contributed by atoms with van der Waals surface area (Å²) in [6.07, 6.45) is 3.63. The van der Waals surface area contributed by atoms with E-state index in [-0.39, 0.29) is 0 Å². The number of hydrogen-bond donors (Lipinski definition) is 1. The lowest BCUT2D eigenvalue weighted by molar-refractivity contribution is 0.0247. The summed E-state index contributed by atoms with van der Waals surface area (Å²) >= 11 is 0. The van der Waals surface area contributed by atoms with Gasteiger partial charge in [0.2, 0.25) is 0 Å². The highest BCUT2D eigenvalue weighted by Crippen LogP contribution is 2.29. The molecule has 0 aliphatic rings. The molecule has 1 aromatic rings. The van der Waals surface area contributed by atoms with Crippen LogP contribution in [0.2, 0.25) is 0 Å². The molecule has 1 aromatic heterocycles. The predicted molar refractivity (Wildman–Crippen MR) is 48.7 cm³/mol. The zero-order valence-corrected chi connectivity index (χ0v) is 7.92. The van der Waals surface area contributed by atoms with Gasteiger partial charge in [0.05, 0.1) is 11.8 Å². The molecule has 0 saturated heterocycles. The summed E-state index contributed by atoms with van der Waals surface area (Å²) in [5, 5.41) is 10.0. The van der Waals surface area contributed by atoms with Crippen molar-refractivity contribution >= 4 is 0 Å². The van der Waals surface area contributed by atoms with E-state index in [1.807, 2.05) is 13.8 Å². The van der Waals surface area contributed by atoms with E-state index in [1.165, 1.54) is 12.3 Å². The maximum absolute atomic E-state index is 13.2. The number of halogens is 1. The molecule has 0 unspecified atom stereocenters. The molecule has 0 aliphatic carbocycles. The Morgan fingerprint density at radius 1 is 1.46 bits per heavy atom. The summed E-state index contributed by atoms with van der Waals surface area (Å²) in [7, 11) is 0. The third kappa shape index (κ3) is 1.86. The van der Waals surface area contributed by atoms with Crippen molar-refractivity contribution in [2.45, 2.75) is 32.3 Å². The van der Waals surface area contributed by atoms with Gasteiger partial charge in [0.1, 0.15) is 5.82 Å². The van der Waals surface area contributed by atoms with Gasteiger partial charge >= 0.3 is 0 Å². The van der Waals surface area contributed by atoms with Crippen molar-refractivity contribution in [3.8, 4) is 0 Å². The average Bonchev–Trinajstić information content (AvgIpc) is 2.17. The van der Waals surface area contributed by atoms with E-state index in [0.717, 1.165) is 6.20 Å². The lowest BCUT2D eigenvalue weighted by Crippen LogP contribution is -2.24. The highest BCUT2D eigenvalue weighted by atomic mass is 19.1. The van der Waals surface area contributed by atoms with Gasteiger partial charge in [-0.25, -0.2) is 4.39 Å². The van der Waals surface area contributed by atoms with Crippen LogP contribution in [0.15, 0.2) is 18.5 Å². The highest BCUT2D eigenvalue weighted by Gasteiger charge is 2.27. The monoisotopic (exact) mass is 183 g/mol. The number of aliphatic hydroxyl groups is 1. The number of pyridine rings is 1. The van der Waals surface area contributed by atoms with Crippen molar-refractivity contribution in [1.82, 2.24) is 4.98 Å². The van der Waals surface area contributed by atoms with E-state index in [4.69, 9.17) is 0 Å². The van der Waals surface area contributed by atoms with Crippen LogP contribution in [0.4, 0.5) is 4.39 Å². The standard InChI is InChI=1S/C10H14FNO/c1-3-10(13,4-2)8-5-6-12-7-9(8)11/h5-7,13H,3-4H2,1-2H3. The van der Waals surface area contributed by atoms with Gasteiger partial charge in [-0.1, -0.05) is 13.8 Å². The summed E-state index contributed by atoms with van der Waals surface area (Å²) in [5.41, 5.74) is -0.708. The Bertz CT molecular complexity index is 284. The SMILES string of the molecule is CCC(O)(CC)c1ccncc1F. The molecule has 0 bridgehead atoms. The zero-order valence-electron chi connectivity index (χ0n) is 7.92. The van der Waals surface area contributed by atoms with Gasteiger partial charge in [-0.15, -0.1) is 0 Å². The fourth-order valence-corrected chi connectivity index (χ4v) is 1.38. The second-order valence-electron chi connectivity index (χ2n) is 3.09. The molecule has 0 radical (unpaired) electrons. The van der Waals surface area contributed by atoms with Crippen molar-refractivity contribution in [2.75, 3.05) is 0 Å². The lowest BCUT2D eigenvalue weighted by Gasteiger charge is -2.25. The van der Waals surface area contributed by atoms with Crippen LogP contribution in [-0.2, 0) is 5.60 Å². The van der Waals surface area contributed by atoms with Crippen molar-refractivity contribution in [2.24, 2.45) is 0 Å². The molecule has 1 heterocycles. The Balaban J connectivity index is 3.12. The average molecular weight is 183 g/mol. The minimum atomic E-state index is -1.05. The molecule has 0 amide bonds. The van der Waals surface area contributed by atoms with Gasteiger partial charge in [0, 0.05) is 11.8 Å². The summed E-state index contributed by atoms with van der Waals surface area (Å²) < 4.78 is 13.2. The van der Waals surface area contributed by atoms with Gasteiger partial charge in [0.15, 0.2) is 0 Å². The molecule has 3 heteroatoms. The molecule has 0 saturated carbocycles. The fraction of sp³-hybridized carbons (Fsp3) is 0.500. The van der Waals surface area contributed by atoms with Crippen molar-refractivity contribution in [3.63, 3.8) is 0 Å². The summed E-state index contributed by atoms with van der Waals surface area (Å²) in [5.74, 6) is -0.436. The summed E-state index contributed by atoms with van der Waals surface area (Å²) in [4.78, 5) is 3.64. The topological polar surface area (TPSA) is 33.1 Å². The van der Waals surface area contributed by atoms with Gasteiger partial charge in [-0.05, 0) is 18.9 Å². The number of aromatic nitrogens is 1. The van der Waals surface area contributed by atoms with Crippen LogP contribution in [0.5, 0.6) is 0 Å². The Morgan fingerprint density at radius 2 is 2.08 bits per heavy atom. The van der Waals surface area contributed by atoms with Crippen LogP contribution >= 0.6 is 0 Å². The lowest BCUT2D eigenvalue weighted by atomic mass is 9.89. The van der Waals surface area contributed by atoms with Gasteiger partial charge in [0.25, 0.3) is 0 Å². The molecule has 1 N–H and O–H groups in total. The maximum Gasteiger partial charge on any atom is 0.147 e. The molecule has 0 spiro atoms. The van der Waals surface area contributed by atoms with E-state index >= 15 is 0 Å².